The molecular weight excluding hydrogens is 520 g/mol. The topological polar surface area (TPSA) is 106 Å². The molecule has 0 radical (unpaired) electrons. The normalized spacial score (nSPS) is 22.9. The van der Waals surface area contributed by atoms with E-state index in [-0.39, 0.29) is 49.1 Å². The van der Waals surface area contributed by atoms with E-state index in [0.717, 1.165) is 38.5 Å². The Balaban J connectivity index is 1.41. The Kier molecular flexibility index (Phi) is 10.7. The lowest BCUT2D eigenvalue weighted by molar-refractivity contribution is -0.157. The number of ether oxygens (including phenoxy) is 3. The van der Waals surface area contributed by atoms with Crippen molar-refractivity contribution in [3.05, 3.63) is 36.1 Å². The molecule has 2 aliphatic carbocycles. The van der Waals surface area contributed by atoms with Crippen LogP contribution in [0.3, 0.4) is 0 Å². The summed E-state index contributed by atoms with van der Waals surface area (Å²) in [4.78, 5) is 15.4. The third-order valence-corrected chi connectivity index (χ3v) is 10.4. The summed E-state index contributed by atoms with van der Waals surface area (Å²) in [5, 5.41) is 9.55. The molecule has 3 aliphatic rings. The molecule has 0 unspecified atom stereocenters. The average Bonchev–Trinajstić information content (AvgIpc) is 3.51. The van der Waals surface area contributed by atoms with Gasteiger partial charge in [0.15, 0.2) is 5.76 Å². The number of methoxy groups -OCH3 is 1. The first-order chi connectivity index (χ1) is 18.8. The summed E-state index contributed by atoms with van der Waals surface area (Å²) in [6.45, 7) is -0.229. The van der Waals surface area contributed by atoms with E-state index in [1.807, 2.05) is 18.0 Å². The second-order valence-electron chi connectivity index (χ2n) is 10.9. The third-order valence-electron chi connectivity index (χ3n) is 8.44. The molecule has 0 spiro atoms. The van der Waals surface area contributed by atoms with Gasteiger partial charge in [-0.2, -0.15) is 4.31 Å². The van der Waals surface area contributed by atoms with Gasteiger partial charge < -0.3 is 24.2 Å². The Bertz CT molecular complexity index is 1060. The monoisotopic (exact) mass is 564 g/mol. The molecule has 0 aromatic heterocycles. The summed E-state index contributed by atoms with van der Waals surface area (Å²) in [5.41, 5.74) is 0. The molecule has 2 saturated carbocycles. The Morgan fingerprint density at radius 2 is 1.69 bits per heavy atom. The van der Waals surface area contributed by atoms with Crippen LogP contribution in [0, 0.1) is 11.8 Å². The van der Waals surface area contributed by atoms with Crippen LogP contribution in [0.25, 0.3) is 0 Å². The van der Waals surface area contributed by atoms with Gasteiger partial charge >= 0.3 is 0 Å². The minimum atomic E-state index is -3.84. The lowest BCUT2D eigenvalue weighted by atomic mass is 9.86. The van der Waals surface area contributed by atoms with Gasteiger partial charge in [-0.05, 0) is 67.9 Å². The van der Waals surface area contributed by atoms with Crippen molar-refractivity contribution >= 4 is 15.9 Å². The van der Waals surface area contributed by atoms with Gasteiger partial charge in [-0.25, -0.2) is 8.42 Å². The largest absolute Gasteiger partial charge is 0.497 e. The maximum atomic E-state index is 13.5. The molecule has 2 atom stereocenters. The van der Waals surface area contributed by atoms with Crippen LogP contribution in [-0.2, 0) is 24.3 Å². The number of sulfonamides is 1. The molecule has 1 amide bonds. The number of carbonyl (C=O) groups is 1. The summed E-state index contributed by atoms with van der Waals surface area (Å²) < 4.78 is 45.0. The Hall–Kier alpha value is -2.14. The van der Waals surface area contributed by atoms with E-state index in [1.165, 1.54) is 42.8 Å². The van der Waals surface area contributed by atoms with E-state index >= 15 is 0 Å². The highest BCUT2D eigenvalue weighted by Gasteiger charge is 2.36. The maximum absolute atomic E-state index is 13.5. The summed E-state index contributed by atoms with van der Waals surface area (Å²) in [5.74, 6) is 1.52. The van der Waals surface area contributed by atoms with Crippen LogP contribution in [0.4, 0.5) is 0 Å². The molecule has 1 heterocycles. The lowest BCUT2D eigenvalue weighted by Crippen LogP contribution is -2.42. The second kappa shape index (κ2) is 14.0. The van der Waals surface area contributed by atoms with Crippen molar-refractivity contribution in [2.75, 3.05) is 40.5 Å². The van der Waals surface area contributed by atoms with Crippen LogP contribution >= 0.6 is 0 Å². The standard InChI is InChI=1S/C29H44N2O7S/c1-30(24-10-4-3-5-11-24)29(33)27-20-23(22-8-6-7-9-22)21-28(38-27)37-19-17-31(16-18-32)39(34,35)26-14-12-25(36-2)13-15-26/h12-15,20,22-24,28,32H,3-11,16-19,21H2,1-2H3/t23-,28+/m1/s1. The zero-order valence-electron chi connectivity index (χ0n) is 23.3. The number of hydrogen-bond acceptors (Lipinski definition) is 7. The van der Waals surface area contributed by atoms with Gasteiger partial charge in [-0.15, -0.1) is 0 Å². The van der Waals surface area contributed by atoms with Gasteiger partial charge in [-0.3, -0.25) is 4.79 Å². The summed E-state index contributed by atoms with van der Waals surface area (Å²) >= 11 is 0. The number of aliphatic hydroxyl groups is 1. The Morgan fingerprint density at radius 1 is 1.03 bits per heavy atom. The Labute approximate surface area is 233 Å². The fourth-order valence-corrected chi connectivity index (χ4v) is 7.52. The molecule has 1 aliphatic heterocycles. The van der Waals surface area contributed by atoms with Crippen LogP contribution in [0.15, 0.2) is 41.0 Å². The smallest absolute Gasteiger partial charge is 0.288 e. The molecule has 9 nitrogen and oxygen atoms in total. The number of carbonyl (C=O) groups excluding carboxylic acids is 1. The predicted molar refractivity (Wildman–Crippen MR) is 147 cm³/mol. The first kappa shape index (κ1) is 29.8. The molecule has 10 heteroatoms. The zero-order valence-corrected chi connectivity index (χ0v) is 24.1. The fourth-order valence-electron chi connectivity index (χ4n) is 6.11. The van der Waals surface area contributed by atoms with Crippen molar-refractivity contribution in [2.45, 2.75) is 81.4 Å². The predicted octanol–water partition coefficient (Wildman–Crippen LogP) is 3.92. The van der Waals surface area contributed by atoms with Gasteiger partial charge in [-0.1, -0.05) is 32.1 Å². The van der Waals surface area contributed by atoms with Gasteiger partial charge in [0.25, 0.3) is 5.91 Å². The minimum Gasteiger partial charge on any atom is -0.497 e. The van der Waals surface area contributed by atoms with E-state index in [1.54, 1.807) is 12.1 Å². The van der Waals surface area contributed by atoms with Gasteiger partial charge in [0, 0.05) is 32.6 Å². The fraction of sp³-hybridized carbons (Fsp3) is 0.690. The molecule has 0 saturated heterocycles. The number of rotatable bonds is 12. The highest BCUT2D eigenvalue weighted by atomic mass is 32.2. The Morgan fingerprint density at radius 3 is 2.33 bits per heavy atom. The van der Waals surface area contributed by atoms with Crippen molar-refractivity contribution in [2.24, 2.45) is 11.8 Å². The summed E-state index contributed by atoms with van der Waals surface area (Å²) in [6, 6.07) is 6.39. The molecular formula is C29H44N2O7S. The van der Waals surface area contributed by atoms with E-state index in [4.69, 9.17) is 14.2 Å². The average molecular weight is 565 g/mol. The maximum Gasteiger partial charge on any atom is 0.288 e. The van der Waals surface area contributed by atoms with Gasteiger partial charge in [0.05, 0.1) is 25.2 Å². The van der Waals surface area contributed by atoms with Crippen LogP contribution in [-0.4, -0.2) is 81.4 Å². The van der Waals surface area contributed by atoms with Crippen molar-refractivity contribution < 1.29 is 32.5 Å². The van der Waals surface area contributed by atoms with Crippen LogP contribution in [0.2, 0.25) is 0 Å². The van der Waals surface area contributed by atoms with Crippen LogP contribution in [0.5, 0.6) is 5.75 Å². The third kappa shape index (κ3) is 7.54. The van der Waals surface area contributed by atoms with Crippen molar-refractivity contribution in [1.82, 2.24) is 9.21 Å². The number of hydrogen-bond donors (Lipinski definition) is 1. The van der Waals surface area contributed by atoms with E-state index in [0.29, 0.717) is 23.8 Å². The number of nitrogens with zero attached hydrogens (tertiary/aromatic N) is 2. The van der Waals surface area contributed by atoms with Crippen molar-refractivity contribution in [3.8, 4) is 5.75 Å². The number of benzene rings is 1. The van der Waals surface area contributed by atoms with Gasteiger partial charge in [0.2, 0.25) is 16.3 Å². The molecule has 4 rings (SSSR count). The van der Waals surface area contributed by atoms with E-state index < -0.39 is 16.3 Å². The van der Waals surface area contributed by atoms with E-state index in [9.17, 15) is 18.3 Å². The molecule has 218 valence electrons. The highest BCUT2D eigenvalue weighted by molar-refractivity contribution is 7.89. The summed E-state index contributed by atoms with van der Waals surface area (Å²) in [6.07, 6.45) is 12.2. The van der Waals surface area contributed by atoms with Crippen molar-refractivity contribution in [3.63, 3.8) is 0 Å². The van der Waals surface area contributed by atoms with Gasteiger partial charge in [0.1, 0.15) is 5.75 Å². The SMILES string of the molecule is COc1ccc(S(=O)(=O)N(CCO)CCO[C@@H]2C[C@H](C3CCCC3)C=C(C(=O)N(C)C3CCCCC3)O2)cc1. The van der Waals surface area contributed by atoms with E-state index in [2.05, 4.69) is 0 Å². The minimum absolute atomic E-state index is 0.0518. The molecule has 1 N–H and O–H groups in total. The number of allylic oxidation sites excluding steroid dienone is 1. The number of aliphatic hydroxyl groups excluding tert-OH is 1. The molecule has 39 heavy (non-hydrogen) atoms. The lowest BCUT2D eigenvalue weighted by Gasteiger charge is -2.36. The first-order valence-electron chi connectivity index (χ1n) is 14.4. The molecule has 1 aromatic rings. The summed E-state index contributed by atoms with van der Waals surface area (Å²) in [7, 11) is -0.449. The van der Waals surface area contributed by atoms with Crippen molar-refractivity contribution in [1.29, 1.82) is 0 Å². The van der Waals surface area contributed by atoms with Crippen LogP contribution in [0.1, 0.15) is 64.2 Å². The highest BCUT2D eigenvalue weighted by Crippen LogP contribution is 2.38. The first-order valence-corrected chi connectivity index (χ1v) is 15.8. The zero-order chi connectivity index (χ0) is 27.8. The number of likely N-dealkylation sites (N-methyl/N-ethyl adjacent to an activating group) is 1. The molecule has 0 bridgehead atoms. The molecule has 1 aromatic carbocycles. The molecule has 2 fully saturated rings. The second-order valence-corrected chi connectivity index (χ2v) is 12.8. The number of amides is 1. The quantitative estimate of drug-likeness (QED) is 0.410. The van der Waals surface area contributed by atoms with Crippen LogP contribution < -0.4 is 4.74 Å².